The van der Waals surface area contributed by atoms with Gasteiger partial charge in [0.2, 0.25) is 0 Å². The predicted molar refractivity (Wildman–Crippen MR) is 348 cm³/mol. The topological polar surface area (TPSA) is 78.9 Å². The highest BCUT2D eigenvalue weighted by molar-refractivity contribution is 5.71. The first-order valence-electron chi connectivity index (χ1n) is 32.8. The van der Waals surface area contributed by atoms with Crippen LogP contribution in [0.2, 0.25) is 0 Å². The Morgan fingerprint density at radius 3 is 0.825 bits per heavy atom. The number of allylic oxidation sites excluding steroid dienone is 24. The molecule has 0 rings (SSSR count). The number of hydrogen-bond donors (Lipinski definition) is 0. The van der Waals surface area contributed by atoms with Gasteiger partial charge in [0.05, 0.1) is 0 Å². The molecule has 0 bridgehead atoms. The number of hydrogen-bond acceptors (Lipinski definition) is 6. The molecule has 80 heavy (non-hydrogen) atoms. The summed E-state index contributed by atoms with van der Waals surface area (Å²) < 4.78 is 16.8. The van der Waals surface area contributed by atoms with Crippen molar-refractivity contribution in [2.24, 2.45) is 0 Å². The van der Waals surface area contributed by atoms with Crippen LogP contribution in [0.25, 0.3) is 0 Å². The van der Waals surface area contributed by atoms with Gasteiger partial charge in [-0.05, 0) is 122 Å². The Kier molecular flexibility index (Phi) is 62.9. The van der Waals surface area contributed by atoms with Gasteiger partial charge in [-0.3, -0.25) is 14.4 Å². The summed E-state index contributed by atoms with van der Waals surface area (Å²) in [6.45, 7) is 6.28. The number of carbonyl (C=O) groups is 3. The number of rotatable bonds is 58. The molecule has 452 valence electrons. The first-order valence-corrected chi connectivity index (χ1v) is 32.8. The highest BCUT2D eigenvalue weighted by Crippen LogP contribution is 2.16. The van der Waals surface area contributed by atoms with Crippen LogP contribution in [0.15, 0.2) is 146 Å². The van der Waals surface area contributed by atoms with Crippen LogP contribution in [0.4, 0.5) is 0 Å². The molecule has 0 N–H and O–H groups in total. The molecule has 0 aliphatic carbocycles. The molecule has 0 aliphatic rings. The molecule has 1 unspecified atom stereocenters. The molecule has 0 spiro atoms. The van der Waals surface area contributed by atoms with Crippen LogP contribution in [0, 0.1) is 0 Å². The predicted octanol–water partition coefficient (Wildman–Crippen LogP) is 22.7. The molecule has 0 radical (unpaired) electrons. The van der Waals surface area contributed by atoms with Crippen molar-refractivity contribution in [2.45, 2.75) is 290 Å². The van der Waals surface area contributed by atoms with Crippen LogP contribution in [0.1, 0.15) is 284 Å². The molecule has 0 aromatic carbocycles. The van der Waals surface area contributed by atoms with E-state index in [9.17, 15) is 14.4 Å². The Bertz CT molecular complexity index is 1750. The van der Waals surface area contributed by atoms with E-state index in [1.165, 1.54) is 109 Å². The van der Waals surface area contributed by atoms with Crippen molar-refractivity contribution in [3.05, 3.63) is 146 Å². The fourth-order valence-corrected chi connectivity index (χ4v) is 8.73. The third-order valence-electron chi connectivity index (χ3n) is 13.6. The first-order chi connectivity index (χ1) is 39.5. The minimum atomic E-state index is -0.826. The third-order valence-corrected chi connectivity index (χ3v) is 13.6. The average Bonchev–Trinajstić information content (AvgIpc) is 3.46. The zero-order valence-electron chi connectivity index (χ0n) is 51.8. The van der Waals surface area contributed by atoms with Crippen LogP contribution in [0.3, 0.4) is 0 Å². The Morgan fingerprint density at radius 1 is 0.263 bits per heavy atom. The molecule has 6 nitrogen and oxygen atoms in total. The highest BCUT2D eigenvalue weighted by atomic mass is 16.6. The van der Waals surface area contributed by atoms with E-state index in [4.69, 9.17) is 14.2 Å². The van der Waals surface area contributed by atoms with Gasteiger partial charge in [0.1, 0.15) is 13.2 Å². The summed E-state index contributed by atoms with van der Waals surface area (Å²) >= 11 is 0. The number of unbranched alkanes of at least 4 members (excludes halogenated alkanes) is 23. The van der Waals surface area contributed by atoms with Gasteiger partial charge in [-0.25, -0.2) is 0 Å². The summed E-state index contributed by atoms with van der Waals surface area (Å²) in [7, 11) is 0. The van der Waals surface area contributed by atoms with Crippen molar-refractivity contribution < 1.29 is 28.6 Å². The van der Waals surface area contributed by atoms with Crippen molar-refractivity contribution >= 4 is 17.9 Å². The molecule has 0 saturated heterocycles. The Labute approximate surface area is 493 Å². The normalized spacial score (nSPS) is 13.1. The zero-order chi connectivity index (χ0) is 57.8. The van der Waals surface area contributed by atoms with E-state index in [-0.39, 0.29) is 31.6 Å². The number of ether oxygens (including phenoxy) is 3. The first kappa shape index (κ1) is 75.3. The standard InChI is InChI=1S/C74H120O6/c1-4-7-10-13-16-19-22-24-26-28-30-31-32-33-34-35-36-37-38-39-40-41-42-43-45-46-48-50-52-55-58-61-64-67-73(76)79-70-71(69-78-72(75)66-63-60-57-54-21-18-15-12-9-6-3)80-74(77)68-65-62-59-56-53-51-49-47-44-29-27-25-23-20-17-14-11-8-5-2/h7-8,10-12,15-17,19-20,24-27,30-31,33-34,44,47,51,53,59,62,71H,4-6,9,13-14,18,21-23,28-29,32,35-43,45-46,48-50,52,54-58,60-61,63-70H2,1-3H3/b10-7-,11-8-,15-12-,19-16-,20-17-,26-24-,27-25-,31-30-,34-33-,47-44-,53-51-,62-59-. The molecule has 0 aliphatic heterocycles. The van der Waals surface area contributed by atoms with Gasteiger partial charge >= 0.3 is 17.9 Å². The molecular weight excluding hydrogens is 985 g/mol. The summed E-state index contributed by atoms with van der Waals surface area (Å²) in [6.07, 6.45) is 96.1. The van der Waals surface area contributed by atoms with Crippen LogP contribution in [-0.4, -0.2) is 37.2 Å². The fraction of sp³-hybridized carbons (Fsp3) is 0.635. The van der Waals surface area contributed by atoms with E-state index in [1.54, 1.807) is 0 Å². The number of esters is 3. The monoisotopic (exact) mass is 1100 g/mol. The summed E-state index contributed by atoms with van der Waals surface area (Å²) in [5, 5.41) is 0. The van der Waals surface area contributed by atoms with Gasteiger partial charge in [-0.1, -0.05) is 289 Å². The van der Waals surface area contributed by atoms with Crippen molar-refractivity contribution in [3.63, 3.8) is 0 Å². The summed E-state index contributed by atoms with van der Waals surface area (Å²) in [5.74, 6) is -1.01. The number of carbonyl (C=O) groups excluding carboxylic acids is 3. The molecule has 0 fully saturated rings. The van der Waals surface area contributed by atoms with Crippen molar-refractivity contribution in [1.82, 2.24) is 0 Å². The fourth-order valence-electron chi connectivity index (χ4n) is 8.73. The Balaban J connectivity index is 4.22. The second-order valence-corrected chi connectivity index (χ2v) is 21.3. The molecule has 0 heterocycles. The summed E-state index contributed by atoms with van der Waals surface area (Å²) in [5.41, 5.74) is 0. The summed E-state index contributed by atoms with van der Waals surface area (Å²) in [6, 6.07) is 0. The average molecular weight is 1110 g/mol. The molecule has 0 aromatic rings. The SMILES string of the molecule is CC/C=C\C/C=C\C/C=C\C/C=C\C/C=C\C/C=C\CCC(=O)OC(COC(=O)CCCCCCC/C=C\CCC)COC(=O)CCCCCCCCCCCCCCCCCCC/C=C\C/C=C\C/C=C\C/C=C\C/C=C\CC. The van der Waals surface area contributed by atoms with Crippen molar-refractivity contribution in [3.8, 4) is 0 Å². The molecule has 6 heteroatoms. The van der Waals surface area contributed by atoms with Crippen LogP contribution < -0.4 is 0 Å². The third kappa shape index (κ3) is 64.1. The second-order valence-electron chi connectivity index (χ2n) is 21.3. The molecule has 1 atom stereocenters. The Morgan fingerprint density at radius 2 is 0.512 bits per heavy atom. The van der Waals surface area contributed by atoms with E-state index in [2.05, 4.69) is 161 Å². The highest BCUT2D eigenvalue weighted by Gasteiger charge is 2.19. The van der Waals surface area contributed by atoms with E-state index >= 15 is 0 Å². The van der Waals surface area contributed by atoms with Crippen molar-refractivity contribution in [1.29, 1.82) is 0 Å². The van der Waals surface area contributed by atoms with Gasteiger partial charge in [-0.2, -0.15) is 0 Å². The largest absolute Gasteiger partial charge is 0.462 e. The molecule has 0 aromatic heterocycles. The zero-order valence-corrected chi connectivity index (χ0v) is 51.8. The van der Waals surface area contributed by atoms with E-state index in [1.807, 2.05) is 6.08 Å². The maximum absolute atomic E-state index is 12.8. The lowest BCUT2D eigenvalue weighted by Crippen LogP contribution is -2.30. The lowest BCUT2D eigenvalue weighted by molar-refractivity contribution is -0.166. The van der Waals surface area contributed by atoms with Gasteiger partial charge in [0, 0.05) is 19.3 Å². The second kappa shape index (κ2) is 66.8. The van der Waals surface area contributed by atoms with Crippen molar-refractivity contribution in [2.75, 3.05) is 13.2 Å². The van der Waals surface area contributed by atoms with Gasteiger partial charge in [0.25, 0.3) is 0 Å². The molecule has 0 amide bonds. The van der Waals surface area contributed by atoms with Gasteiger partial charge in [0.15, 0.2) is 6.10 Å². The van der Waals surface area contributed by atoms with E-state index in [0.29, 0.717) is 19.3 Å². The minimum Gasteiger partial charge on any atom is -0.462 e. The summed E-state index contributed by atoms with van der Waals surface area (Å²) in [4.78, 5) is 38.2. The lowest BCUT2D eigenvalue weighted by Gasteiger charge is -2.18. The van der Waals surface area contributed by atoms with E-state index < -0.39 is 12.1 Å². The minimum absolute atomic E-state index is 0.113. The van der Waals surface area contributed by atoms with Crippen LogP contribution in [0.5, 0.6) is 0 Å². The molecular formula is C74H120O6. The Hall–Kier alpha value is -4.71. The lowest BCUT2D eigenvalue weighted by atomic mass is 10.0. The van der Waals surface area contributed by atoms with Gasteiger partial charge in [-0.15, -0.1) is 0 Å². The van der Waals surface area contributed by atoms with Crippen LogP contribution in [-0.2, 0) is 28.6 Å². The van der Waals surface area contributed by atoms with E-state index in [0.717, 1.165) is 128 Å². The maximum Gasteiger partial charge on any atom is 0.306 e. The van der Waals surface area contributed by atoms with Gasteiger partial charge < -0.3 is 14.2 Å². The maximum atomic E-state index is 12.8. The molecule has 0 saturated carbocycles. The van der Waals surface area contributed by atoms with Crippen LogP contribution >= 0.6 is 0 Å². The quantitative estimate of drug-likeness (QED) is 0.0261. The smallest absolute Gasteiger partial charge is 0.306 e.